The third kappa shape index (κ3) is 5.89. The first-order valence-electron chi connectivity index (χ1n) is 23.3. The van der Waals surface area contributed by atoms with Gasteiger partial charge in [0.2, 0.25) is 0 Å². The maximum absolute atomic E-state index is 5.50. The maximum Gasteiger partial charge on any atom is 0.160 e. The average molecular weight is 881 g/mol. The minimum atomic E-state index is -0.457. The van der Waals surface area contributed by atoms with Gasteiger partial charge in [-0.15, -0.1) is 11.3 Å². The molecule has 1 spiro atoms. The lowest BCUT2D eigenvalue weighted by Crippen LogP contribution is -2.25. The molecule has 0 fully saturated rings. The van der Waals surface area contributed by atoms with E-state index in [1.165, 1.54) is 81.4 Å². The van der Waals surface area contributed by atoms with Crippen molar-refractivity contribution in [2.75, 3.05) is 0 Å². The number of hydrogen-bond acceptors (Lipinski definition) is 3. The zero-order valence-corrected chi connectivity index (χ0v) is 37.7. The second-order valence-electron chi connectivity index (χ2n) is 18.0. The molecule has 0 N–H and O–H groups in total. The van der Waals surface area contributed by atoms with Crippen molar-refractivity contribution < 1.29 is 0 Å². The van der Waals surface area contributed by atoms with E-state index in [4.69, 9.17) is 9.97 Å². The summed E-state index contributed by atoms with van der Waals surface area (Å²) < 4.78 is 2.59. The standard InChI is InChI=1S/C65H40N2S/c1-3-16-41(17-4-1)42-30-32-43(33-31-42)46-36-47(45-34-35-62-54(39-45)51-22-10-14-29-61(51)68-62)38-48(37-46)59-40-60(67-64(66-59)44-18-5-2-6-19-44)53-24-15-28-58-63(53)52-23-9-13-27-57(52)65(58)55-25-11-7-20-49(55)50-21-8-12-26-56(50)65/h1-40H. The Bertz CT molecular complexity index is 3910. The number of hydrogen-bond donors (Lipinski definition) is 0. The first-order chi connectivity index (χ1) is 33.7. The molecule has 2 aliphatic rings. The van der Waals surface area contributed by atoms with Gasteiger partial charge in [-0.1, -0.05) is 200 Å². The van der Waals surface area contributed by atoms with E-state index < -0.39 is 5.41 Å². The molecule has 0 bridgehead atoms. The second kappa shape index (κ2) is 15.3. The predicted molar refractivity (Wildman–Crippen MR) is 284 cm³/mol. The van der Waals surface area contributed by atoms with Crippen molar-refractivity contribution in [3.05, 3.63) is 265 Å². The average Bonchev–Trinajstić information content (AvgIpc) is 4.05. The number of rotatable bonds is 6. The molecule has 12 aromatic rings. The molecular formula is C65H40N2S. The van der Waals surface area contributed by atoms with Crippen molar-refractivity contribution in [2.45, 2.75) is 5.41 Å². The zero-order chi connectivity index (χ0) is 44.8. The molecule has 0 saturated heterocycles. The lowest BCUT2D eigenvalue weighted by atomic mass is 9.70. The highest BCUT2D eigenvalue weighted by atomic mass is 32.1. The highest BCUT2D eigenvalue weighted by molar-refractivity contribution is 7.25. The molecule has 0 saturated carbocycles. The van der Waals surface area contributed by atoms with Gasteiger partial charge >= 0.3 is 0 Å². The Morgan fingerprint density at radius 1 is 0.279 bits per heavy atom. The summed E-state index contributed by atoms with van der Waals surface area (Å²) >= 11 is 1.85. The predicted octanol–water partition coefficient (Wildman–Crippen LogP) is 17.2. The van der Waals surface area contributed by atoms with Crippen LogP contribution in [0, 0.1) is 0 Å². The summed E-state index contributed by atoms with van der Waals surface area (Å²) in [4.78, 5) is 11.0. The van der Waals surface area contributed by atoms with Gasteiger partial charge in [-0.25, -0.2) is 9.97 Å². The Hall–Kier alpha value is -8.50. The van der Waals surface area contributed by atoms with Crippen molar-refractivity contribution in [3.8, 4) is 89.5 Å². The fraction of sp³-hybridized carbons (Fsp3) is 0.0154. The summed E-state index contributed by atoms with van der Waals surface area (Å²) in [5.74, 6) is 0.693. The number of benzene rings is 10. The van der Waals surface area contributed by atoms with Crippen LogP contribution in [0.3, 0.4) is 0 Å². The van der Waals surface area contributed by atoms with Crippen molar-refractivity contribution >= 4 is 31.5 Å². The molecule has 2 nitrogen and oxygen atoms in total. The van der Waals surface area contributed by atoms with Crippen molar-refractivity contribution in [3.63, 3.8) is 0 Å². The van der Waals surface area contributed by atoms with Crippen molar-refractivity contribution in [1.82, 2.24) is 9.97 Å². The van der Waals surface area contributed by atoms with Crippen LogP contribution in [-0.2, 0) is 5.41 Å². The monoisotopic (exact) mass is 880 g/mol. The van der Waals surface area contributed by atoms with Gasteiger partial charge in [-0.2, -0.15) is 0 Å². The van der Waals surface area contributed by atoms with Gasteiger partial charge in [0.1, 0.15) is 0 Å². The largest absolute Gasteiger partial charge is 0.228 e. The van der Waals surface area contributed by atoms with E-state index in [9.17, 15) is 0 Å². The van der Waals surface area contributed by atoms with Gasteiger partial charge < -0.3 is 0 Å². The third-order valence-corrected chi connectivity index (χ3v) is 15.5. The fourth-order valence-electron chi connectivity index (χ4n) is 11.3. The molecule has 3 heteroatoms. The Balaban J connectivity index is 0.998. The lowest BCUT2D eigenvalue weighted by Gasteiger charge is -2.30. The van der Waals surface area contributed by atoms with Gasteiger partial charge in [-0.05, 0) is 120 Å². The van der Waals surface area contributed by atoms with Crippen LogP contribution < -0.4 is 0 Å². The van der Waals surface area contributed by atoms with Crippen LogP contribution in [0.5, 0.6) is 0 Å². The first-order valence-corrected chi connectivity index (χ1v) is 24.1. The van der Waals surface area contributed by atoms with Crippen LogP contribution >= 0.6 is 11.3 Å². The van der Waals surface area contributed by atoms with Crippen LogP contribution in [0.2, 0.25) is 0 Å². The van der Waals surface area contributed by atoms with Gasteiger partial charge in [0, 0.05) is 36.9 Å². The molecular weight excluding hydrogens is 841 g/mol. The van der Waals surface area contributed by atoms with Crippen LogP contribution in [0.25, 0.3) is 110 Å². The van der Waals surface area contributed by atoms with Gasteiger partial charge in [0.05, 0.1) is 16.8 Å². The lowest BCUT2D eigenvalue weighted by molar-refractivity contribution is 0.794. The molecule has 0 atom stereocenters. The highest BCUT2D eigenvalue weighted by Crippen LogP contribution is 2.64. The number of thiophene rings is 1. The summed E-state index contributed by atoms with van der Waals surface area (Å²) in [5, 5.41) is 2.57. The highest BCUT2D eigenvalue weighted by Gasteiger charge is 2.52. The summed E-state index contributed by atoms with van der Waals surface area (Å²) in [6.07, 6.45) is 0. The maximum atomic E-state index is 5.50. The Morgan fingerprint density at radius 3 is 1.49 bits per heavy atom. The molecule has 2 heterocycles. The molecule has 0 radical (unpaired) electrons. The van der Waals surface area contributed by atoms with E-state index in [1.807, 2.05) is 11.3 Å². The number of nitrogens with zero attached hydrogens (tertiary/aromatic N) is 2. The van der Waals surface area contributed by atoms with Gasteiger partial charge in [0.15, 0.2) is 5.82 Å². The van der Waals surface area contributed by atoms with E-state index in [0.717, 1.165) is 44.8 Å². The topological polar surface area (TPSA) is 25.8 Å². The SMILES string of the molecule is c1ccc(-c2ccc(-c3cc(-c4ccc5sc6ccccc6c5c4)cc(-c4cc(-c5cccc6c5-c5ccccc5C65c6ccccc6-c6ccccc65)nc(-c5ccccc5)n4)c3)cc2)cc1. The Labute approximate surface area is 399 Å². The summed E-state index contributed by atoms with van der Waals surface area (Å²) in [6.45, 7) is 0. The van der Waals surface area contributed by atoms with E-state index >= 15 is 0 Å². The van der Waals surface area contributed by atoms with Gasteiger partial charge in [-0.3, -0.25) is 0 Å². The molecule has 0 aliphatic heterocycles. The normalized spacial score (nSPS) is 12.8. The molecule has 2 aliphatic carbocycles. The molecule has 0 unspecified atom stereocenters. The zero-order valence-electron chi connectivity index (χ0n) is 36.9. The van der Waals surface area contributed by atoms with Gasteiger partial charge in [0.25, 0.3) is 0 Å². The third-order valence-electron chi connectivity index (χ3n) is 14.3. The van der Waals surface area contributed by atoms with E-state index in [1.54, 1.807) is 0 Å². The fourth-order valence-corrected chi connectivity index (χ4v) is 12.4. The molecule has 316 valence electrons. The van der Waals surface area contributed by atoms with Crippen LogP contribution in [0.15, 0.2) is 243 Å². The Morgan fingerprint density at radius 2 is 0.765 bits per heavy atom. The summed E-state index contributed by atoms with van der Waals surface area (Å²) in [7, 11) is 0. The van der Waals surface area contributed by atoms with Crippen LogP contribution in [-0.4, -0.2) is 9.97 Å². The molecule has 14 rings (SSSR count). The second-order valence-corrected chi connectivity index (χ2v) is 19.1. The van der Waals surface area contributed by atoms with Crippen LogP contribution in [0.4, 0.5) is 0 Å². The van der Waals surface area contributed by atoms with E-state index in [2.05, 4.69) is 243 Å². The molecule has 10 aromatic carbocycles. The van der Waals surface area contributed by atoms with E-state index in [-0.39, 0.29) is 0 Å². The molecule has 68 heavy (non-hydrogen) atoms. The minimum Gasteiger partial charge on any atom is -0.228 e. The number of fused-ring (bicyclic) bond motifs is 13. The Kier molecular flexibility index (Phi) is 8.71. The smallest absolute Gasteiger partial charge is 0.160 e. The van der Waals surface area contributed by atoms with Crippen molar-refractivity contribution in [1.29, 1.82) is 0 Å². The van der Waals surface area contributed by atoms with E-state index in [0.29, 0.717) is 5.82 Å². The number of aromatic nitrogens is 2. The quantitative estimate of drug-likeness (QED) is 0.166. The minimum absolute atomic E-state index is 0.457. The summed E-state index contributed by atoms with van der Waals surface area (Å²) in [6, 6.07) is 88.7. The summed E-state index contributed by atoms with van der Waals surface area (Å²) in [5.41, 5.74) is 21.7. The molecule has 0 amide bonds. The van der Waals surface area contributed by atoms with Crippen LogP contribution in [0.1, 0.15) is 22.3 Å². The van der Waals surface area contributed by atoms with Crippen molar-refractivity contribution in [2.24, 2.45) is 0 Å². The molecule has 2 aromatic heterocycles. The first kappa shape index (κ1) is 38.7.